The van der Waals surface area contributed by atoms with E-state index in [4.69, 9.17) is 0 Å². The maximum Gasteiger partial charge on any atom is 0.326 e. The molecule has 6 heteroatoms. The number of carboxylic acids is 1. The highest BCUT2D eigenvalue weighted by Crippen LogP contribution is 2.22. The molecule has 6 nitrogen and oxygen atoms in total. The highest BCUT2D eigenvalue weighted by atomic mass is 16.4. The van der Waals surface area contributed by atoms with Crippen molar-refractivity contribution in [2.45, 2.75) is 110 Å². The van der Waals surface area contributed by atoms with Gasteiger partial charge in [-0.3, -0.25) is 9.59 Å². The molecule has 1 saturated carbocycles. The summed E-state index contributed by atoms with van der Waals surface area (Å²) in [6.07, 6.45) is 25.6. The van der Waals surface area contributed by atoms with E-state index in [2.05, 4.69) is 22.8 Å². The molecule has 0 aromatic heterocycles. The fraction of sp³-hybridized carbons (Fsp3) is 0.679. The third-order valence-electron chi connectivity index (χ3n) is 6.17. The number of carboxylic acid groups (broad SMARTS) is 1. The maximum atomic E-state index is 12.0. The van der Waals surface area contributed by atoms with Gasteiger partial charge in [0.25, 0.3) is 0 Å². The van der Waals surface area contributed by atoms with Gasteiger partial charge in [-0.05, 0) is 38.0 Å². The molecule has 1 aliphatic heterocycles. The van der Waals surface area contributed by atoms with Crippen LogP contribution in [0.3, 0.4) is 0 Å². The number of rotatable bonds is 1. The van der Waals surface area contributed by atoms with Gasteiger partial charge in [-0.1, -0.05) is 101 Å². The Morgan fingerprint density at radius 2 is 1.44 bits per heavy atom. The average molecular weight is 475 g/mol. The number of nitrogens with one attached hydrogen (secondary N) is 2. The number of hydrogen-bond donors (Lipinski definition) is 3. The van der Waals surface area contributed by atoms with Gasteiger partial charge in [0.2, 0.25) is 11.8 Å². The van der Waals surface area contributed by atoms with Crippen molar-refractivity contribution < 1.29 is 19.5 Å². The number of amides is 2. The molecule has 34 heavy (non-hydrogen) atoms. The molecule has 2 amide bonds. The number of carbonyl (C=O) groups excluding carboxylic acids is 2. The average Bonchev–Trinajstić information content (AvgIpc) is 2.84. The zero-order chi connectivity index (χ0) is 25.0. The van der Waals surface area contributed by atoms with Crippen molar-refractivity contribution in [2.75, 3.05) is 6.54 Å². The largest absolute Gasteiger partial charge is 0.480 e. The maximum absolute atomic E-state index is 12.0. The molecule has 192 valence electrons. The molecule has 0 radical (unpaired) electrons. The van der Waals surface area contributed by atoms with E-state index in [1.165, 1.54) is 44.1 Å². The highest BCUT2D eigenvalue weighted by molar-refractivity contribution is 5.87. The van der Waals surface area contributed by atoms with E-state index < -0.39 is 17.9 Å². The molecule has 3 aliphatic rings. The van der Waals surface area contributed by atoms with Gasteiger partial charge in [0.15, 0.2) is 0 Å². The fourth-order valence-corrected chi connectivity index (χ4v) is 4.32. The molecule has 3 N–H and O–H groups in total. The smallest absolute Gasteiger partial charge is 0.326 e. The topological polar surface area (TPSA) is 95.5 Å². The molecule has 0 aromatic carbocycles. The summed E-state index contributed by atoms with van der Waals surface area (Å²) in [6, 6.07) is -0.983. The minimum atomic E-state index is -1.06. The number of aliphatic carboxylic acids is 1. The lowest BCUT2D eigenvalue weighted by Gasteiger charge is -2.20. The Balaban J connectivity index is 0.000000615. The summed E-state index contributed by atoms with van der Waals surface area (Å²) in [7, 11) is 0. The van der Waals surface area contributed by atoms with Gasteiger partial charge < -0.3 is 15.7 Å². The molecule has 0 aromatic rings. The van der Waals surface area contributed by atoms with Crippen LogP contribution < -0.4 is 10.6 Å². The lowest BCUT2D eigenvalue weighted by Crippen LogP contribution is -2.46. The molecule has 0 spiro atoms. The van der Waals surface area contributed by atoms with Crippen molar-refractivity contribution in [3.8, 4) is 0 Å². The van der Waals surface area contributed by atoms with Crippen LogP contribution >= 0.6 is 0 Å². The molecule has 1 heterocycles. The summed E-state index contributed by atoms with van der Waals surface area (Å²) in [4.78, 5) is 35.3. The Hall–Kier alpha value is -2.37. The van der Waals surface area contributed by atoms with Gasteiger partial charge in [0, 0.05) is 6.42 Å². The number of carbonyl (C=O) groups is 3. The molecule has 3 rings (SSSR count). The van der Waals surface area contributed by atoms with E-state index in [0.717, 1.165) is 38.5 Å². The first-order chi connectivity index (χ1) is 16.5. The number of fused-ring (bicyclic) bond motifs is 1. The Labute approximate surface area is 206 Å². The summed E-state index contributed by atoms with van der Waals surface area (Å²) in [5.41, 5.74) is 1.30. The van der Waals surface area contributed by atoms with Crippen LogP contribution in [0.4, 0.5) is 0 Å². The van der Waals surface area contributed by atoms with Crippen LogP contribution in [0.5, 0.6) is 0 Å². The molecule has 2 bridgehead atoms. The molecule has 0 saturated heterocycles. The molecule has 2 atom stereocenters. The van der Waals surface area contributed by atoms with Crippen molar-refractivity contribution in [3.05, 3.63) is 36.0 Å². The van der Waals surface area contributed by atoms with Crippen LogP contribution in [-0.2, 0) is 14.4 Å². The van der Waals surface area contributed by atoms with Gasteiger partial charge in [-0.15, -0.1) is 0 Å². The molecular formula is C28H46N2O4. The normalized spacial score (nSPS) is 26.8. The molecule has 1 fully saturated rings. The van der Waals surface area contributed by atoms with Crippen LogP contribution in [0.25, 0.3) is 0 Å². The zero-order valence-electron chi connectivity index (χ0n) is 21.3. The summed E-state index contributed by atoms with van der Waals surface area (Å²) in [5.74, 6) is -1.75. The second-order valence-corrected chi connectivity index (χ2v) is 9.01. The Morgan fingerprint density at radius 1 is 0.853 bits per heavy atom. The summed E-state index contributed by atoms with van der Waals surface area (Å²) < 4.78 is 0. The Morgan fingerprint density at radius 3 is 2.06 bits per heavy atom. The quantitative estimate of drug-likeness (QED) is 0.416. The Kier molecular flexibility index (Phi) is 16.6. The van der Waals surface area contributed by atoms with E-state index in [1.54, 1.807) is 0 Å². The van der Waals surface area contributed by atoms with Crippen molar-refractivity contribution in [1.82, 2.24) is 10.6 Å². The Bertz CT molecular complexity index is 681. The van der Waals surface area contributed by atoms with Crippen molar-refractivity contribution in [1.29, 1.82) is 0 Å². The number of hydrogen-bond acceptors (Lipinski definition) is 3. The van der Waals surface area contributed by atoms with E-state index in [9.17, 15) is 19.5 Å². The van der Waals surface area contributed by atoms with Crippen LogP contribution in [-0.4, -0.2) is 35.5 Å². The number of allylic oxidation sites excluding steroid dienone is 6. The predicted octanol–water partition coefficient (Wildman–Crippen LogP) is 5.84. The fourth-order valence-electron chi connectivity index (χ4n) is 4.32. The lowest BCUT2D eigenvalue weighted by molar-refractivity contribution is -0.142. The lowest BCUT2D eigenvalue weighted by atomic mass is 9.92. The first-order valence-corrected chi connectivity index (χ1v) is 13.4. The van der Waals surface area contributed by atoms with Crippen LogP contribution in [0.15, 0.2) is 36.0 Å². The second kappa shape index (κ2) is 19.0. The van der Waals surface area contributed by atoms with E-state index in [-0.39, 0.29) is 18.4 Å². The monoisotopic (exact) mass is 474 g/mol. The third kappa shape index (κ3) is 14.0. The first kappa shape index (κ1) is 29.7. The second-order valence-electron chi connectivity index (χ2n) is 9.01. The standard InChI is InChI=1S/C20H28N2O4.C6H12.C2H6/c23-18-11-7-2-1-4-8-15-9-5-3-6-10-16(12-15)13-17(20(25)26)22-19(24)14-21-18;1-2-4-6-5-3-1;1-2/h3,5-6,10,12,16-17H,1-2,4,7-9,11,13-14H2,(H,21,23)(H,22,24)(H,25,26);1-6H2;1-2H3/b5-3-,10-6?,15-12-;;. The van der Waals surface area contributed by atoms with Gasteiger partial charge in [-0.25, -0.2) is 4.79 Å². The third-order valence-corrected chi connectivity index (χ3v) is 6.17. The minimum absolute atomic E-state index is 0.0427. The van der Waals surface area contributed by atoms with E-state index >= 15 is 0 Å². The molecule has 2 aliphatic carbocycles. The SMILES string of the molecule is C1CCCCC1.CC.O=C1CCCCCC/C2=C/C(C=C/C=C\C2)CC(C(=O)O)NC(=O)CN1. The van der Waals surface area contributed by atoms with E-state index in [0.29, 0.717) is 12.8 Å². The van der Waals surface area contributed by atoms with Gasteiger partial charge in [0.1, 0.15) is 6.04 Å². The minimum Gasteiger partial charge on any atom is -0.480 e. The van der Waals surface area contributed by atoms with Crippen molar-refractivity contribution in [3.63, 3.8) is 0 Å². The van der Waals surface area contributed by atoms with Crippen molar-refractivity contribution >= 4 is 17.8 Å². The summed E-state index contributed by atoms with van der Waals surface area (Å²) >= 11 is 0. The van der Waals surface area contributed by atoms with Crippen molar-refractivity contribution in [2.24, 2.45) is 5.92 Å². The van der Waals surface area contributed by atoms with Crippen LogP contribution in [0, 0.1) is 5.92 Å². The first-order valence-electron chi connectivity index (χ1n) is 13.4. The van der Waals surface area contributed by atoms with E-state index in [1.807, 2.05) is 32.1 Å². The van der Waals surface area contributed by atoms with Crippen LogP contribution in [0.2, 0.25) is 0 Å². The highest BCUT2D eigenvalue weighted by Gasteiger charge is 2.23. The predicted molar refractivity (Wildman–Crippen MR) is 138 cm³/mol. The van der Waals surface area contributed by atoms with Gasteiger partial charge >= 0.3 is 5.97 Å². The summed E-state index contributed by atoms with van der Waals surface area (Å²) in [5, 5.41) is 14.5. The molecular weight excluding hydrogens is 428 g/mol. The molecule has 2 unspecified atom stereocenters. The van der Waals surface area contributed by atoms with Crippen LogP contribution in [0.1, 0.15) is 104 Å². The van der Waals surface area contributed by atoms with Gasteiger partial charge in [0.05, 0.1) is 6.54 Å². The summed E-state index contributed by atoms with van der Waals surface area (Å²) in [6.45, 7) is 3.81. The van der Waals surface area contributed by atoms with Gasteiger partial charge in [-0.2, -0.15) is 0 Å². The zero-order valence-corrected chi connectivity index (χ0v) is 21.3.